The minimum atomic E-state index is -0.760. The summed E-state index contributed by atoms with van der Waals surface area (Å²) < 4.78 is 8.32. The Hall–Kier alpha value is -3.92. The molecule has 0 N–H and O–H groups in total. The first kappa shape index (κ1) is 16.1. The Morgan fingerprint density at radius 1 is 0.828 bits per heavy atom. The highest BCUT2D eigenvalue weighted by molar-refractivity contribution is 6.03. The van der Waals surface area contributed by atoms with E-state index in [1.54, 1.807) is 6.20 Å². The molecule has 29 heavy (non-hydrogen) atoms. The molecule has 3 heterocycles. The van der Waals surface area contributed by atoms with Crippen molar-refractivity contribution in [2.75, 3.05) is 0 Å². The average Bonchev–Trinajstić information content (AvgIpc) is 3.22. The van der Waals surface area contributed by atoms with Crippen LogP contribution in [0.25, 0.3) is 27.4 Å². The zero-order valence-corrected chi connectivity index (χ0v) is 15.4. The predicted molar refractivity (Wildman–Crippen MR) is 113 cm³/mol. The summed E-state index contributed by atoms with van der Waals surface area (Å²) in [7, 11) is 0. The van der Waals surface area contributed by atoms with Crippen LogP contribution in [0.3, 0.4) is 0 Å². The summed E-state index contributed by atoms with van der Waals surface area (Å²) in [4.78, 5) is 18.1. The number of para-hydroxylation sites is 1. The molecule has 1 atom stereocenters. The van der Waals surface area contributed by atoms with Gasteiger partial charge in [0.05, 0.1) is 16.9 Å². The third kappa shape index (κ3) is 2.39. The molecule has 1 aliphatic rings. The Morgan fingerprint density at radius 3 is 2.52 bits per heavy atom. The topological polar surface area (TPSA) is 44.1 Å². The lowest BCUT2D eigenvalue weighted by Gasteiger charge is -2.18. The molecule has 3 aromatic carbocycles. The number of ether oxygens (including phenoxy) is 1. The molecule has 0 bridgehead atoms. The number of Topliss-reactive ketones (excluding diaryl/α,β-unsaturated/α-hetero) is 1. The first-order chi connectivity index (χ1) is 14.3. The lowest BCUT2D eigenvalue weighted by Crippen LogP contribution is -2.19. The Kier molecular flexibility index (Phi) is 3.35. The van der Waals surface area contributed by atoms with Crippen LogP contribution in [0, 0.1) is 0 Å². The van der Waals surface area contributed by atoms with Gasteiger partial charge in [0.2, 0.25) is 5.78 Å². The zero-order chi connectivity index (χ0) is 19.4. The van der Waals surface area contributed by atoms with Crippen molar-refractivity contribution in [1.82, 2.24) is 9.55 Å². The molecule has 0 saturated heterocycles. The van der Waals surface area contributed by atoms with Gasteiger partial charge in [-0.3, -0.25) is 9.78 Å². The van der Waals surface area contributed by atoms with E-state index < -0.39 is 6.10 Å². The van der Waals surface area contributed by atoms with Gasteiger partial charge in [-0.05, 0) is 41.1 Å². The molecule has 5 aromatic rings. The molecule has 0 radical (unpaired) electrons. The molecule has 1 unspecified atom stereocenters. The molecular formula is C25H16N2O2. The predicted octanol–water partition coefficient (Wildman–Crippen LogP) is 5.50. The highest BCUT2D eigenvalue weighted by Crippen LogP contribution is 2.39. The van der Waals surface area contributed by atoms with Crippen molar-refractivity contribution in [2.24, 2.45) is 0 Å². The molecule has 138 valence electrons. The van der Waals surface area contributed by atoms with E-state index in [9.17, 15) is 4.79 Å². The largest absolute Gasteiger partial charge is 0.475 e. The molecular weight excluding hydrogens is 360 g/mol. The molecule has 0 spiro atoms. The Bertz CT molecular complexity index is 1410. The lowest BCUT2D eigenvalue weighted by atomic mass is 10.00. The maximum absolute atomic E-state index is 13.5. The van der Waals surface area contributed by atoms with Crippen LogP contribution < -0.4 is 4.74 Å². The van der Waals surface area contributed by atoms with Gasteiger partial charge in [0, 0.05) is 23.3 Å². The zero-order valence-electron chi connectivity index (χ0n) is 15.4. The normalized spacial score (nSPS) is 15.6. The number of ketones is 1. The molecule has 2 aromatic heterocycles. The fraction of sp³-hybridized carbons (Fsp3) is 0.0400. The number of hydrogen-bond acceptors (Lipinski definition) is 3. The number of carbonyl (C=O) groups excluding carboxylic acids is 1. The van der Waals surface area contributed by atoms with Gasteiger partial charge in [-0.15, -0.1) is 0 Å². The minimum Gasteiger partial charge on any atom is -0.475 e. The van der Waals surface area contributed by atoms with Crippen LogP contribution in [0.5, 0.6) is 5.75 Å². The van der Waals surface area contributed by atoms with E-state index in [2.05, 4.69) is 23.2 Å². The maximum atomic E-state index is 13.5. The van der Waals surface area contributed by atoms with Gasteiger partial charge in [0.1, 0.15) is 5.75 Å². The summed E-state index contributed by atoms with van der Waals surface area (Å²) in [5.41, 5.74) is 3.04. The van der Waals surface area contributed by atoms with Crippen LogP contribution in [-0.2, 0) is 0 Å². The van der Waals surface area contributed by atoms with Crippen molar-refractivity contribution in [3.05, 3.63) is 103 Å². The van der Waals surface area contributed by atoms with Crippen molar-refractivity contribution < 1.29 is 9.53 Å². The van der Waals surface area contributed by atoms with E-state index in [0.717, 1.165) is 32.9 Å². The van der Waals surface area contributed by atoms with E-state index in [4.69, 9.17) is 4.74 Å². The summed E-state index contributed by atoms with van der Waals surface area (Å²) in [6.45, 7) is 0. The van der Waals surface area contributed by atoms with Crippen molar-refractivity contribution in [2.45, 2.75) is 6.10 Å². The van der Waals surface area contributed by atoms with Gasteiger partial charge in [-0.2, -0.15) is 0 Å². The third-order valence-corrected chi connectivity index (χ3v) is 5.52. The first-order valence-electron chi connectivity index (χ1n) is 9.55. The second kappa shape index (κ2) is 6.04. The number of hydrogen-bond donors (Lipinski definition) is 0. The minimum absolute atomic E-state index is 0.0755. The molecule has 6 rings (SSSR count). The summed E-state index contributed by atoms with van der Waals surface area (Å²) >= 11 is 0. The fourth-order valence-electron chi connectivity index (χ4n) is 4.14. The van der Waals surface area contributed by atoms with Crippen LogP contribution >= 0.6 is 0 Å². The smallest absolute Gasteiger partial charge is 0.224 e. The number of nitrogens with zero attached hydrogens (tertiary/aromatic N) is 2. The van der Waals surface area contributed by atoms with Crippen molar-refractivity contribution in [1.29, 1.82) is 0 Å². The van der Waals surface area contributed by atoms with Crippen molar-refractivity contribution >= 4 is 27.5 Å². The molecule has 0 aliphatic carbocycles. The van der Waals surface area contributed by atoms with E-state index >= 15 is 0 Å². The Balaban J connectivity index is 1.63. The summed E-state index contributed by atoms with van der Waals surface area (Å²) in [5, 5.41) is 3.16. The van der Waals surface area contributed by atoms with Crippen LogP contribution in [0.1, 0.15) is 22.2 Å². The van der Waals surface area contributed by atoms with Gasteiger partial charge in [0.25, 0.3) is 0 Å². The van der Waals surface area contributed by atoms with E-state index in [1.807, 2.05) is 71.4 Å². The van der Waals surface area contributed by atoms with E-state index in [-0.39, 0.29) is 5.78 Å². The number of carbonyl (C=O) groups is 1. The number of benzene rings is 3. The second-order valence-corrected chi connectivity index (χ2v) is 7.22. The van der Waals surface area contributed by atoms with Gasteiger partial charge in [-0.1, -0.05) is 48.5 Å². The molecule has 0 amide bonds. The van der Waals surface area contributed by atoms with Crippen molar-refractivity contribution in [3.63, 3.8) is 0 Å². The lowest BCUT2D eigenvalue weighted by molar-refractivity contribution is 0.0798. The summed E-state index contributed by atoms with van der Waals surface area (Å²) in [6, 6.07) is 25.7. The molecule has 0 fully saturated rings. The quantitative estimate of drug-likeness (QED) is 0.388. The highest BCUT2D eigenvalue weighted by Gasteiger charge is 2.32. The van der Waals surface area contributed by atoms with Crippen LogP contribution in [0.2, 0.25) is 0 Å². The van der Waals surface area contributed by atoms with Gasteiger partial charge in [0.15, 0.2) is 6.10 Å². The van der Waals surface area contributed by atoms with Gasteiger partial charge in [-0.25, -0.2) is 0 Å². The Labute approximate surface area is 167 Å². The Morgan fingerprint density at radius 2 is 1.62 bits per heavy atom. The number of pyridine rings is 1. The molecule has 0 saturated carbocycles. The monoisotopic (exact) mass is 376 g/mol. The third-order valence-electron chi connectivity index (χ3n) is 5.52. The van der Waals surface area contributed by atoms with Crippen LogP contribution in [0.4, 0.5) is 0 Å². The maximum Gasteiger partial charge on any atom is 0.224 e. The van der Waals surface area contributed by atoms with Crippen LogP contribution in [-0.4, -0.2) is 15.3 Å². The fourth-order valence-corrected chi connectivity index (χ4v) is 4.14. The number of rotatable bonds is 1. The van der Waals surface area contributed by atoms with E-state index in [0.29, 0.717) is 11.4 Å². The molecule has 4 nitrogen and oxygen atoms in total. The first-order valence-corrected chi connectivity index (χ1v) is 9.55. The highest BCUT2D eigenvalue weighted by atomic mass is 16.5. The summed E-state index contributed by atoms with van der Waals surface area (Å²) in [5.74, 6) is 0.610. The number of aromatic nitrogens is 2. The molecule has 1 aliphatic heterocycles. The standard InChI is InChI=1S/C25H16N2O2/c28-24-20-11-5-13-27(20)21-14-17-6-1-2-7-18(17)15-22(21)29-25(24)19-10-3-8-16-9-4-12-26-23(16)19/h1-15,25H. The second-order valence-electron chi connectivity index (χ2n) is 7.22. The van der Waals surface area contributed by atoms with Crippen LogP contribution in [0.15, 0.2) is 91.3 Å². The summed E-state index contributed by atoms with van der Waals surface area (Å²) in [6.07, 6.45) is 2.90. The molecule has 4 heteroatoms. The van der Waals surface area contributed by atoms with Gasteiger partial charge < -0.3 is 9.30 Å². The number of fused-ring (bicyclic) bond motifs is 5. The van der Waals surface area contributed by atoms with E-state index in [1.165, 1.54) is 0 Å². The SMILES string of the molecule is O=C1c2cccn2-c2cc3ccccc3cc2OC1c1cccc2cccnc12. The van der Waals surface area contributed by atoms with Gasteiger partial charge >= 0.3 is 0 Å². The average molecular weight is 376 g/mol. The van der Waals surface area contributed by atoms with Crippen molar-refractivity contribution in [3.8, 4) is 11.4 Å².